The fraction of sp³-hybridized carbons (Fsp3) is 0.887. The molecule has 3 saturated heterocycles. The molecule has 1 amide bonds. The number of unbranched alkanes of at least 4 members (excludes halogenated alkanes) is 42. The Morgan fingerprint density at radius 1 is 0.364 bits per heavy atom. The van der Waals surface area contributed by atoms with Crippen LogP contribution >= 0.6 is 0 Å². The SMILES string of the molecule is CCCCCCC/C=C\C/C=C\CCCCCCCCCCCC(=O)NC(COC1OC(CO)C(OC2OC(CO)C(OC3OC(CO)C(O)C(O)C3O)C(O)C2O)C(O)C1O)C(O)/C=C/CC/C=C/CCCCCCCCCCCCCCCCCCCCCCCCCCCCC. The summed E-state index contributed by atoms with van der Waals surface area (Å²) in [6.45, 7) is 1.74. The van der Waals surface area contributed by atoms with E-state index >= 15 is 0 Å². The van der Waals surface area contributed by atoms with Crippen LogP contribution in [0.3, 0.4) is 0 Å². The number of ether oxygens (including phenoxy) is 6. The lowest BCUT2D eigenvalue weighted by molar-refractivity contribution is -0.379. The zero-order valence-electron chi connectivity index (χ0n) is 62.0. The lowest BCUT2D eigenvalue weighted by Gasteiger charge is -2.48. The predicted molar refractivity (Wildman–Crippen MR) is 392 cm³/mol. The molecule has 3 fully saturated rings. The maximum Gasteiger partial charge on any atom is 0.220 e. The molecule has 19 nitrogen and oxygen atoms in total. The van der Waals surface area contributed by atoms with Gasteiger partial charge in [-0.1, -0.05) is 300 Å². The number of hydrogen-bond donors (Lipinski definition) is 12. The van der Waals surface area contributed by atoms with Crippen LogP contribution in [0.25, 0.3) is 0 Å². The zero-order chi connectivity index (χ0) is 71.8. The molecular formula is C80H147NO18. The maximum absolute atomic E-state index is 13.4. The summed E-state index contributed by atoms with van der Waals surface area (Å²) >= 11 is 0. The van der Waals surface area contributed by atoms with E-state index in [1.165, 1.54) is 231 Å². The maximum atomic E-state index is 13.4. The number of amides is 1. The second-order valence-corrected chi connectivity index (χ2v) is 28.9. The first kappa shape index (κ1) is 91.0. The highest BCUT2D eigenvalue weighted by Crippen LogP contribution is 2.33. The number of carbonyl (C=O) groups excluding carboxylic acids is 1. The third-order valence-electron chi connectivity index (χ3n) is 20.1. The van der Waals surface area contributed by atoms with E-state index in [0.29, 0.717) is 12.8 Å². The van der Waals surface area contributed by atoms with Crippen molar-refractivity contribution in [2.75, 3.05) is 26.4 Å². The van der Waals surface area contributed by atoms with Gasteiger partial charge in [0.05, 0.1) is 38.6 Å². The van der Waals surface area contributed by atoms with Crippen LogP contribution in [0.15, 0.2) is 48.6 Å². The van der Waals surface area contributed by atoms with E-state index in [0.717, 1.165) is 57.8 Å². The van der Waals surface area contributed by atoms with E-state index in [1.54, 1.807) is 6.08 Å². The molecule has 0 spiro atoms. The van der Waals surface area contributed by atoms with Gasteiger partial charge in [0, 0.05) is 6.42 Å². The van der Waals surface area contributed by atoms with E-state index in [4.69, 9.17) is 28.4 Å². The summed E-state index contributed by atoms with van der Waals surface area (Å²) in [5.41, 5.74) is 0. The van der Waals surface area contributed by atoms with Crippen LogP contribution in [0.2, 0.25) is 0 Å². The van der Waals surface area contributed by atoms with Gasteiger partial charge in [-0.15, -0.1) is 0 Å². The summed E-state index contributed by atoms with van der Waals surface area (Å²) in [6, 6.07) is -0.995. The van der Waals surface area contributed by atoms with Gasteiger partial charge in [-0.05, 0) is 64.2 Å². The van der Waals surface area contributed by atoms with Crippen molar-refractivity contribution < 1.29 is 89.4 Å². The van der Waals surface area contributed by atoms with Gasteiger partial charge in [0.1, 0.15) is 73.2 Å². The minimum atomic E-state index is -1.98. The third-order valence-corrected chi connectivity index (χ3v) is 20.1. The van der Waals surface area contributed by atoms with E-state index in [-0.39, 0.29) is 18.9 Å². The van der Waals surface area contributed by atoms with Gasteiger partial charge in [0.2, 0.25) is 5.91 Å². The summed E-state index contributed by atoms with van der Waals surface area (Å²) < 4.78 is 34.4. The smallest absolute Gasteiger partial charge is 0.220 e. The third kappa shape index (κ3) is 41.3. The molecule has 0 radical (unpaired) electrons. The van der Waals surface area contributed by atoms with Crippen LogP contribution in [0.5, 0.6) is 0 Å². The summed E-state index contributed by atoms with van der Waals surface area (Å²) in [5.74, 6) is -0.287. The van der Waals surface area contributed by atoms with Gasteiger partial charge < -0.3 is 89.9 Å². The number of carbonyl (C=O) groups is 1. The zero-order valence-corrected chi connectivity index (χ0v) is 62.0. The average molecular weight is 1410 g/mol. The van der Waals surface area contributed by atoms with Gasteiger partial charge in [0.15, 0.2) is 18.9 Å². The molecule has 0 aromatic carbocycles. The molecule has 3 rings (SSSR count). The molecule has 0 bridgehead atoms. The van der Waals surface area contributed by atoms with Gasteiger partial charge >= 0.3 is 0 Å². The predicted octanol–water partition coefficient (Wildman–Crippen LogP) is 13.3. The summed E-state index contributed by atoms with van der Waals surface area (Å²) in [5, 5.41) is 121. The molecule has 19 heteroatoms. The number of aliphatic hydroxyl groups is 11. The fourth-order valence-electron chi connectivity index (χ4n) is 13.6. The largest absolute Gasteiger partial charge is 0.394 e. The molecule has 0 aromatic rings. The van der Waals surface area contributed by atoms with E-state index in [2.05, 4.69) is 55.6 Å². The number of nitrogens with one attached hydrogen (secondary N) is 1. The molecular weight excluding hydrogens is 1260 g/mol. The molecule has 3 aliphatic heterocycles. The molecule has 0 saturated carbocycles. The monoisotopic (exact) mass is 1410 g/mol. The molecule has 0 aromatic heterocycles. The topological polar surface area (TPSA) is 307 Å². The highest BCUT2D eigenvalue weighted by atomic mass is 16.8. The minimum Gasteiger partial charge on any atom is -0.394 e. The standard InChI is InChI=1S/C80H147NO18/c1-3-5-7-9-11-13-15-17-19-21-23-25-26-27-28-29-30-31-32-33-34-35-36-38-39-41-43-45-47-49-51-53-55-57-64(85)63(81-68(86)58-56-54-52-50-48-46-44-42-40-37-24-22-20-18-16-14-12-10-8-6-4-2)62-94-78-74(92)71(89)76(66(60-83)96-78)99-80-75(93)72(90)77(67(61-84)97-80)98-79-73(91)70(88)69(87)65(59-82)95-79/h16,18,22,24,47,49,55,57,63-67,69-80,82-85,87-93H,3-15,17,19-21,23,25-46,48,50-54,56,58-62H2,1-2H3,(H,81,86)/b18-16-,24-22-,49-47+,57-55+. The molecule has 580 valence electrons. The van der Waals surface area contributed by atoms with Crippen LogP contribution < -0.4 is 5.32 Å². The van der Waals surface area contributed by atoms with Crippen LogP contribution in [-0.2, 0) is 33.2 Å². The van der Waals surface area contributed by atoms with E-state index < -0.39 is 124 Å². The second-order valence-electron chi connectivity index (χ2n) is 28.9. The molecule has 0 aliphatic carbocycles. The second kappa shape index (κ2) is 61.0. The van der Waals surface area contributed by atoms with Gasteiger partial charge in [-0.3, -0.25) is 4.79 Å². The lowest BCUT2D eigenvalue weighted by atomic mass is 9.96. The Hall–Kier alpha value is -2.25. The average Bonchev–Trinajstić information content (AvgIpc) is 0.784. The Balaban J connectivity index is 1.38. The number of allylic oxidation sites excluding steroid dienone is 7. The number of rotatable bonds is 64. The summed E-state index contributed by atoms with van der Waals surface area (Å²) in [7, 11) is 0. The van der Waals surface area contributed by atoms with Crippen molar-refractivity contribution in [3.8, 4) is 0 Å². The highest BCUT2D eigenvalue weighted by molar-refractivity contribution is 5.76. The normalized spacial score (nSPS) is 26.8. The Morgan fingerprint density at radius 3 is 1.07 bits per heavy atom. The van der Waals surface area contributed by atoms with Gasteiger partial charge in [-0.25, -0.2) is 0 Å². The fourth-order valence-corrected chi connectivity index (χ4v) is 13.6. The van der Waals surface area contributed by atoms with Crippen LogP contribution in [0.1, 0.15) is 322 Å². The molecule has 12 N–H and O–H groups in total. The minimum absolute atomic E-state index is 0.230. The Morgan fingerprint density at radius 2 is 0.677 bits per heavy atom. The molecule has 17 unspecified atom stereocenters. The first-order chi connectivity index (χ1) is 48.3. The van der Waals surface area contributed by atoms with Crippen molar-refractivity contribution in [1.29, 1.82) is 0 Å². The highest BCUT2D eigenvalue weighted by Gasteiger charge is 2.54. The van der Waals surface area contributed by atoms with Crippen LogP contribution in [0.4, 0.5) is 0 Å². The molecule has 3 aliphatic rings. The molecule has 99 heavy (non-hydrogen) atoms. The van der Waals surface area contributed by atoms with Crippen molar-refractivity contribution in [3.63, 3.8) is 0 Å². The number of hydrogen-bond acceptors (Lipinski definition) is 18. The van der Waals surface area contributed by atoms with Crippen LogP contribution in [-0.4, -0.2) is 193 Å². The Bertz CT molecular complexity index is 1980. The lowest BCUT2D eigenvalue weighted by Crippen LogP contribution is -2.66. The van der Waals surface area contributed by atoms with Crippen molar-refractivity contribution in [1.82, 2.24) is 5.32 Å². The van der Waals surface area contributed by atoms with Crippen molar-refractivity contribution in [3.05, 3.63) is 48.6 Å². The Kier molecular flexibility index (Phi) is 56.0. The summed E-state index contributed by atoms with van der Waals surface area (Å²) in [4.78, 5) is 13.4. The van der Waals surface area contributed by atoms with Crippen LogP contribution in [0, 0.1) is 0 Å². The van der Waals surface area contributed by atoms with E-state index in [1.807, 2.05) is 6.08 Å². The van der Waals surface area contributed by atoms with Crippen molar-refractivity contribution >= 4 is 5.91 Å². The van der Waals surface area contributed by atoms with Gasteiger partial charge in [0.25, 0.3) is 0 Å². The number of aliphatic hydroxyl groups excluding tert-OH is 11. The molecule has 3 heterocycles. The first-order valence-electron chi connectivity index (χ1n) is 40.4. The van der Waals surface area contributed by atoms with E-state index in [9.17, 15) is 61.0 Å². The van der Waals surface area contributed by atoms with Gasteiger partial charge in [-0.2, -0.15) is 0 Å². The first-order valence-corrected chi connectivity index (χ1v) is 40.4. The quantitative estimate of drug-likeness (QED) is 0.0199. The van der Waals surface area contributed by atoms with Crippen molar-refractivity contribution in [2.24, 2.45) is 0 Å². The summed E-state index contributed by atoms with van der Waals surface area (Å²) in [6.07, 6.45) is 49.7. The van der Waals surface area contributed by atoms with Crippen molar-refractivity contribution in [2.45, 2.75) is 426 Å². The Labute approximate surface area is 599 Å². The molecule has 17 atom stereocenters.